The Bertz CT molecular complexity index is 641. The number of hydrogen-bond donors (Lipinski definition) is 0. The van der Waals surface area contributed by atoms with Crippen LogP contribution in [0.15, 0.2) is 18.2 Å². The number of nitrogens with zero attached hydrogens (tertiary/aromatic N) is 2. The van der Waals surface area contributed by atoms with Crippen molar-refractivity contribution in [3.63, 3.8) is 0 Å². The molecule has 0 saturated carbocycles. The lowest BCUT2D eigenvalue weighted by Gasteiger charge is -2.39. The van der Waals surface area contributed by atoms with E-state index in [-0.39, 0.29) is 11.5 Å². The van der Waals surface area contributed by atoms with Crippen molar-refractivity contribution >= 4 is 11.8 Å². The molecule has 0 aromatic heterocycles. The third-order valence-corrected chi connectivity index (χ3v) is 4.62. The van der Waals surface area contributed by atoms with Crippen LogP contribution >= 0.6 is 0 Å². The summed E-state index contributed by atoms with van der Waals surface area (Å²) in [4.78, 5) is 16.3. The van der Waals surface area contributed by atoms with Crippen molar-refractivity contribution < 1.29 is 14.3 Å². The van der Waals surface area contributed by atoms with E-state index >= 15 is 0 Å². The van der Waals surface area contributed by atoms with Crippen molar-refractivity contribution in [2.24, 2.45) is 5.41 Å². The molecule has 1 fully saturated rings. The monoisotopic (exact) mass is 346 g/mol. The summed E-state index contributed by atoms with van der Waals surface area (Å²) in [5.74, 6) is 1.02. The van der Waals surface area contributed by atoms with Crippen molar-refractivity contribution in [2.45, 2.75) is 46.6 Å². The Balaban J connectivity index is 1.67. The highest BCUT2D eigenvalue weighted by Crippen LogP contribution is 2.40. The fraction of sp³-hybridized carbons (Fsp3) is 0.650. The van der Waals surface area contributed by atoms with Gasteiger partial charge in [0.15, 0.2) is 0 Å². The van der Waals surface area contributed by atoms with Gasteiger partial charge in [0.1, 0.15) is 11.4 Å². The molecule has 138 valence electrons. The maximum absolute atomic E-state index is 12.2. The quantitative estimate of drug-likeness (QED) is 0.777. The minimum Gasteiger partial charge on any atom is -0.491 e. The Hall–Kier alpha value is -1.91. The molecule has 3 rings (SSSR count). The van der Waals surface area contributed by atoms with E-state index in [2.05, 4.69) is 36.9 Å². The third kappa shape index (κ3) is 4.20. The second-order valence-corrected chi connectivity index (χ2v) is 8.85. The molecule has 1 saturated heterocycles. The Morgan fingerprint density at radius 1 is 1.16 bits per heavy atom. The zero-order valence-electron chi connectivity index (χ0n) is 16.1. The summed E-state index contributed by atoms with van der Waals surface area (Å²) < 4.78 is 11.6. The molecule has 2 aliphatic rings. The van der Waals surface area contributed by atoms with E-state index in [1.54, 1.807) is 4.90 Å². The minimum absolute atomic E-state index is 0.182. The van der Waals surface area contributed by atoms with E-state index in [0.29, 0.717) is 13.1 Å². The molecule has 25 heavy (non-hydrogen) atoms. The van der Waals surface area contributed by atoms with E-state index in [1.807, 2.05) is 20.8 Å². The van der Waals surface area contributed by atoms with Crippen molar-refractivity contribution in [1.29, 1.82) is 0 Å². The number of rotatable bonds is 1. The molecule has 0 N–H and O–H groups in total. The highest BCUT2D eigenvalue weighted by Gasteiger charge is 2.31. The fourth-order valence-corrected chi connectivity index (χ4v) is 3.42. The van der Waals surface area contributed by atoms with Crippen LogP contribution < -0.4 is 9.64 Å². The smallest absolute Gasteiger partial charge is 0.410 e. The van der Waals surface area contributed by atoms with Crippen LogP contribution in [0, 0.1) is 5.41 Å². The standard InChI is InChI=1S/C20H30N2O3/c1-19(2,3)25-18(23)22-11-9-21(10-12-22)16-8-6-7-15-13-20(4,5)14-24-17(15)16/h6-8H,9-14H2,1-5H3. The first-order valence-corrected chi connectivity index (χ1v) is 9.12. The van der Waals surface area contributed by atoms with Gasteiger partial charge in [-0.3, -0.25) is 0 Å². The largest absolute Gasteiger partial charge is 0.491 e. The van der Waals surface area contributed by atoms with Crippen LogP contribution in [-0.4, -0.2) is 49.4 Å². The van der Waals surface area contributed by atoms with Crippen LogP contribution in [0.2, 0.25) is 0 Å². The molecule has 0 aliphatic carbocycles. The molecule has 1 aromatic carbocycles. The molecule has 2 aliphatic heterocycles. The third-order valence-electron chi connectivity index (χ3n) is 4.62. The summed E-state index contributed by atoms with van der Waals surface area (Å²) in [7, 11) is 0. The summed E-state index contributed by atoms with van der Waals surface area (Å²) >= 11 is 0. The molecular formula is C20H30N2O3. The average Bonchev–Trinajstić information content (AvgIpc) is 2.51. The van der Waals surface area contributed by atoms with Crippen LogP contribution in [0.25, 0.3) is 0 Å². The Labute approximate surface area is 150 Å². The van der Waals surface area contributed by atoms with Crippen LogP contribution in [0.5, 0.6) is 5.75 Å². The molecule has 0 bridgehead atoms. The summed E-state index contributed by atoms with van der Waals surface area (Å²) in [5.41, 5.74) is 2.16. The van der Waals surface area contributed by atoms with Gasteiger partial charge in [0.05, 0.1) is 12.3 Å². The number of fused-ring (bicyclic) bond motifs is 1. The number of benzene rings is 1. The Morgan fingerprint density at radius 3 is 2.48 bits per heavy atom. The van der Waals surface area contributed by atoms with Gasteiger partial charge in [-0.1, -0.05) is 26.0 Å². The number of para-hydroxylation sites is 1. The van der Waals surface area contributed by atoms with Gasteiger partial charge in [-0.15, -0.1) is 0 Å². The summed E-state index contributed by atoms with van der Waals surface area (Å²) in [6, 6.07) is 6.40. The normalized spacial score (nSPS) is 19.9. The molecule has 2 heterocycles. The lowest BCUT2D eigenvalue weighted by Crippen LogP contribution is -2.50. The summed E-state index contributed by atoms with van der Waals surface area (Å²) in [6.07, 6.45) is 0.814. The number of anilines is 1. The van der Waals surface area contributed by atoms with Gasteiger partial charge in [-0.2, -0.15) is 0 Å². The molecule has 0 atom stereocenters. The second-order valence-electron chi connectivity index (χ2n) is 8.85. The topological polar surface area (TPSA) is 42.0 Å². The van der Waals surface area contributed by atoms with Crippen molar-refractivity contribution in [3.05, 3.63) is 23.8 Å². The minimum atomic E-state index is -0.451. The van der Waals surface area contributed by atoms with Gasteiger partial charge >= 0.3 is 6.09 Å². The first-order chi connectivity index (χ1) is 11.6. The number of carbonyl (C=O) groups excluding carboxylic acids is 1. The van der Waals surface area contributed by atoms with Gasteiger partial charge in [-0.25, -0.2) is 4.79 Å². The van der Waals surface area contributed by atoms with Crippen LogP contribution in [-0.2, 0) is 11.2 Å². The number of piperazine rings is 1. The maximum atomic E-state index is 12.2. The lowest BCUT2D eigenvalue weighted by atomic mass is 9.84. The molecule has 5 heteroatoms. The number of hydrogen-bond acceptors (Lipinski definition) is 4. The predicted molar refractivity (Wildman–Crippen MR) is 99.4 cm³/mol. The van der Waals surface area contributed by atoms with Crippen LogP contribution in [0.1, 0.15) is 40.2 Å². The van der Waals surface area contributed by atoms with Crippen LogP contribution in [0.3, 0.4) is 0 Å². The number of carbonyl (C=O) groups is 1. The summed E-state index contributed by atoms with van der Waals surface area (Å²) in [6.45, 7) is 13.8. The van der Waals surface area contributed by atoms with Crippen molar-refractivity contribution in [3.8, 4) is 5.75 Å². The maximum Gasteiger partial charge on any atom is 0.410 e. The van der Waals surface area contributed by atoms with E-state index in [4.69, 9.17) is 9.47 Å². The predicted octanol–water partition coefficient (Wildman–Crippen LogP) is 3.70. The van der Waals surface area contributed by atoms with Gasteiger partial charge in [-0.05, 0) is 38.8 Å². The van der Waals surface area contributed by atoms with Gasteiger partial charge in [0, 0.05) is 31.6 Å². The average molecular weight is 346 g/mol. The van der Waals surface area contributed by atoms with Gasteiger partial charge in [0.25, 0.3) is 0 Å². The second kappa shape index (κ2) is 6.43. The first kappa shape index (κ1) is 17.9. The summed E-state index contributed by atoms with van der Waals surface area (Å²) in [5, 5.41) is 0. The molecule has 0 spiro atoms. The highest BCUT2D eigenvalue weighted by atomic mass is 16.6. The van der Waals surface area contributed by atoms with Crippen LogP contribution in [0.4, 0.5) is 10.5 Å². The first-order valence-electron chi connectivity index (χ1n) is 9.12. The van der Waals surface area contributed by atoms with Gasteiger partial charge < -0.3 is 19.3 Å². The SMILES string of the molecule is CC1(C)COc2c(cccc2N2CCN(C(=O)OC(C)(C)C)CC2)C1. The Kier molecular flexibility index (Phi) is 4.60. The van der Waals surface area contributed by atoms with Crippen molar-refractivity contribution in [2.75, 3.05) is 37.7 Å². The van der Waals surface area contributed by atoms with Crippen molar-refractivity contribution in [1.82, 2.24) is 4.90 Å². The van der Waals surface area contributed by atoms with Gasteiger partial charge in [0.2, 0.25) is 0 Å². The van der Waals surface area contributed by atoms with E-state index in [9.17, 15) is 4.79 Å². The van der Waals surface area contributed by atoms with E-state index in [1.165, 1.54) is 5.56 Å². The zero-order valence-corrected chi connectivity index (χ0v) is 16.1. The fourth-order valence-electron chi connectivity index (χ4n) is 3.42. The number of amides is 1. The molecule has 5 nitrogen and oxygen atoms in total. The molecule has 1 aromatic rings. The lowest BCUT2D eigenvalue weighted by molar-refractivity contribution is 0.0240. The zero-order chi connectivity index (χ0) is 18.2. The molecular weight excluding hydrogens is 316 g/mol. The highest BCUT2D eigenvalue weighted by molar-refractivity contribution is 5.69. The number of ether oxygens (including phenoxy) is 2. The van der Waals surface area contributed by atoms with E-state index in [0.717, 1.165) is 37.6 Å². The molecule has 0 radical (unpaired) electrons. The van der Waals surface area contributed by atoms with E-state index < -0.39 is 5.60 Å². The molecule has 1 amide bonds. The Morgan fingerprint density at radius 2 is 1.84 bits per heavy atom. The molecule has 0 unspecified atom stereocenters.